The highest BCUT2D eigenvalue weighted by atomic mass is 16.5. The molecule has 2 aromatic carbocycles. The zero-order valence-electron chi connectivity index (χ0n) is 15.2. The first-order chi connectivity index (χ1) is 12.7. The number of nitrogens with zero attached hydrogens (tertiary/aromatic N) is 1. The minimum Gasteiger partial charge on any atom is -0.495 e. The van der Waals surface area contributed by atoms with Gasteiger partial charge in [-0.1, -0.05) is 12.1 Å². The van der Waals surface area contributed by atoms with E-state index in [4.69, 9.17) is 9.47 Å². The van der Waals surface area contributed by atoms with Gasteiger partial charge in [0.15, 0.2) is 0 Å². The molecule has 26 heavy (non-hydrogen) atoms. The predicted octanol–water partition coefficient (Wildman–Crippen LogP) is 3.95. The number of benzene rings is 2. The monoisotopic (exact) mass is 355 g/mol. The fourth-order valence-corrected chi connectivity index (χ4v) is 3.15. The number of anilines is 3. The Balaban J connectivity index is 1.59. The second-order valence-corrected chi connectivity index (χ2v) is 6.27. The Morgan fingerprint density at radius 2 is 1.85 bits per heavy atom. The van der Waals surface area contributed by atoms with Crippen LogP contribution in [0, 0.1) is 0 Å². The maximum Gasteiger partial charge on any atom is 0.323 e. The van der Waals surface area contributed by atoms with Crippen LogP contribution in [0.5, 0.6) is 5.75 Å². The van der Waals surface area contributed by atoms with E-state index in [2.05, 4.69) is 15.5 Å². The summed E-state index contributed by atoms with van der Waals surface area (Å²) in [6, 6.07) is 14.9. The minimum absolute atomic E-state index is 0.285. The number of piperidine rings is 1. The Kier molecular flexibility index (Phi) is 5.96. The molecule has 1 aliphatic heterocycles. The van der Waals surface area contributed by atoms with Gasteiger partial charge in [0.25, 0.3) is 0 Å². The van der Waals surface area contributed by atoms with Gasteiger partial charge in [0, 0.05) is 31.6 Å². The number of hydrogen-bond donors (Lipinski definition) is 2. The van der Waals surface area contributed by atoms with E-state index in [9.17, 15) is 4.79 Å². The number of carbonyl (C=O) groups excluding carboxylic acids is 1. The number of amides is 2. The van der Waals surface area contributed by atoms with Crippen molar-refractivity contribution < 1.29 is 14.3 Å². The Bertz CT molecular complexity index is 733. The van der Waals surface area contributed by atoms with Gasteiger partial charge in [-0.15, -0.1) is 0 Å². The molecule has 0 aromatic heterocycles. The van der Waals surface area contributed by atoms with E-state index in [1.807, 2.05) is 36.4 Å². The third-order valence-electron chi connectivity index (χ3n) is 4.56. The fourth-order valence-electron chi connectivity index (χ4n) is 3.15. The topological polar surface area (TPSA) is 62.8 Å². The van der Waals surface area contributed by atoms with Crippen LogP contribution in [-0.4, -0.2) is 39.4 Å². The third kappa shape index (κ3) is 4.46. The molecule has 1 atom stereocenters. The maximum absolute atomic E-state index is 12.2. The smallest absolute Gasteiger partial charge is 0.323 e. The lowest BCUT2D eigenvalue weighted by molar-refractivity contribution is 0.0893. The molecule has 2 aromatic rings. The average Bonchev–Trinajstić information content (AvgIpc) is 2.69. The quantitative estimate of drug-likeness (QED) is 0.852. The number of methoxy groups -OCH3 is 2. The summed E-state index contributed by atoms with van der Waals surface area (Å²) in [5.74, 6) is 0.621. The van der Waals surface area contributed by atoms with Crippen LogP contribution in [0.1, 0.15) is 12.8 Å². The molecule has 1 unspecified atom stereocenters. The average molecular weight is 355 g/mol. The summed E-state index contributed by atoms with van der Waals surface area (Å²) in [7, 11) is 3.34. The van der Waals surface area contributed by atoms with Gasteiger partial charge in [0.2, 0.25) is 0 Å². The first-order valence-electron chi connectivity index (χ1n) is 8.78. The number of hydrogen-bond acceptors (Lipinski definition) is 4. The zero-order chi connectivity index (χ0) is 18.4. The molecule has 6 nitrogen and oxygen atoms in total. The maximum atomic E-state index is 12.2. The summed E-state index contributed by atoms with van der Waals surface area (Å²) >= 11 is 0. The van der Waals surface area contributed by atoms with E-state index in [1.165, 1.54) is 0 Å². The van der Waals surface area contributed by atoms with Crippen LogP contribution in [0.2, 0.25) is 0 Å². The van der Waals surface area contributed by atoms with Crippen molar-refractivity contribution in [2.45, 2.75) is 18.9 Å². The number of nitrogens with one attached hydrogen (secondary N) is 2. The molecule has 1 fully saturated rings. The number of urea groups is 1. The van der Waals surface area contributed by atoms with Gasteiger partial charge in [-0.25, -0.2) is 4.79 Å². The molecular weight excluding hydrogens is 330 g/mol. The Labute approximate surface area is 154 Å². The Hall–Kier alpha value is -2.73. The molecule has 1 heterocycles. The van der Waals surface area contributed by atoms with E-state index >= 15 is 0 Å². The SMILES string of the molecule is COc1ccccc1NC(=O)Nc1ccc(N2CCCC(OC)C2)cc1. The number of carbonyl (C=O) groups is 1. The van der Waals surface area contributed by atoms with Crippen LogP contribution in [0.3, 0.4) is 0 Å². The van der Waals surface area contributed by atoms with Crippen molar-refractivity contribution in [2.75, 3.05) is 42.8 Å². The van der Waals surface area contributed by atoms with Crippen LogP contribution in [0.25, 0.3) is 0 Å². The fraction of sp³-hybridized carbons (Fsp3) is 0.350. The summed E-state index contributed by atoms with van der Waals surface area (Å²) in [4.78, 5) is 14.5. The van der Waals surface area contributed by atoms with Gasteiger partial charge in [-0.3, -0.25) is 0 Å². The lowest BCUT2D eigenvalue weighted by atomic mass is 10.1. The lowest BCUT2D eigenvalue weighted by Crippen LogP contribution is -2.39. The standard InChI is InChI=1S/C20H25N3O3/c1-25-17-6-5-13-23(14-17)16-11-9-15(10-12-16)21-20(24)22-18-7-3-4-8-19(18)26-2/h3-4,7-12,17H,5-6,13-14H2,1-2H3,(H2,21,22,24). The highest BCUT2D eigenvalue weighted by molar-refractivity contribution is 6.00. The molecule has 6 heteroatoms. The number of ether oxygens (including phenoxy) is 2. The van der Waals surface area contributed by atoms with Gasteiger partial charge in [0.1, 0.15) is 5.75 Å². The van der Waals surface area contributed by atoms with Gasteiger partial charge in [-0.2, -0.15) is 0 Å². The van der Waals surface area contributed by atoms with Crippen molar-refractivity contribution in [1.82, 2.24) is 0 Å². The largest absolute Gasteiger partial charge is 0.495 e. The summed E-state index contributed by atoms with van der Waals surface area (Å²) < 4.78 is 10.7. The van der Waals surface area contributed by atoms with Gasteiger partial charge in [-0.05, 0) is 49.2 Å². The van der Waals surface area contributed by atoms with Crippen LogP contribution >= 0.6 is 0 Å². The van der Waals surface area contributed by atoms with Crippen LogP contribution in [0.15, 0.2) is 48.5 Å². The molecule has 0 radical (unpaired) electrons. The zero-order valence-corrected chi connectivity index (χ0v) is 15.2. The Morgan fingerprint density at radius 3 is 2.58 bits per heavy atom. The van der Waals surface area contributed by atoms with E-state index in [0.29, 0.717) is 11.4 Å². The first-order valence-corrected chi connectivity index (χ1v) is 8.78. The molecule has 2 amide bonds. The molecule has 1 saturated heterocycles. The van der Waals surface area contributed by atoms with Crippen LogP contribution < -0.4 is 20.3 Å². The molecule has 0 aliphatic carbocycles. The van der Waals surface area contributed by atoms with Gasteiger partial charge < -0.3 is 25.0 Å². The van der Waals surface area contributed by atoms with Crippen LogP contribution in [0.4, 0.5) is 21.9 Å². The van der Waals surface area contributed by atoms with Crippen molar-refractivity contribution >= 4 is 23.1 Å². The lowest BCUT2D eigenvalue weighted by Gasteiger charge is -2.33. The number of rotatable bonds is 5. The van der Waals surface area contributed by atoms with Crippen molar-refractivity contribution in [1.29, 1.82) is 0 Å². The number of para-hydroxylation sites is 2. The predicted molar refractivity (Wildman–Crippen MR) is 104 cm³/mol. The first kappa shape index (κ1) is 18.1. The normalized spacial score (nSPS) is 16.8. The van der Waals surface area contributed by atoms with Crippen molar-refractivity contribution in [3.05, 3.63) is 48.5 Å². The molecule has 2 N–H and O–H groups in total. The van der Waals surface area contributed by atoms with Crippen molar-refractivity contribution in [3.8, 4) is 5.75 Å². The van der Waals surface area contributed by atoms with Crippen molar-refractivity contribution in [2.24, 2.45) is 0 Å². The molecule has 1 aliphatic rings. The second-order valence-electron chi connectivity index (χ2n) is 6.27. The highest BCUT2D eigenvalue weighted by Crippen LogP contribution is 2.25. The van der Waals surface area contributed by atoms with Crippen LogP contribution in [-0.2, 0) is 4.74 Å². The van der Waals surface area contributed by atoms with E-state index in [0.717, 1.165) is 37.3 Å². The van der Waals surface area contributed by atoms with E-state index in [1.54, 1.807) is 26.4 Å². The van der Waals surface area contributed by atoms with E-state index in [-0.39, 0.29) is 12.1 Å². The molecule has 0 spiro atoms. The molecule has 0 saturated carbocycles. The van der Waals surface area contributed by atoms with Gasteiger partial charge >= 0.3 is 6.03 Å². The summed E-state index contributed by atoms with van der Waals surface area (Å²) in [5.41, 5.74) is 2.51. The summed E-state index contributed by atoms with van der Waals surface area (Å²) in [6.45, 7) is 1.93. The second kappa shape index (κ2) is 8.58. The summed E-state index contributed by atoms with van der Waals surface area (Å²) in [6.07, 6.45) is 2.52. The summed E-state index contributed by atoms with van der Waals surface area (Å²) in [5, 5.41) is 5.64. The van der Waals surface area contributed by atoms with Crippen molar-refractivity contribution in [3.63, 3.8) is 0 Å². The molecule has 138 valence electrons. The van der Waals surface area contributed by atoms with E-state index < -0.39 is 0 Å². The third-order valence-corrected chi connectivity index (χ3v) is 4.56. The van der Waals surface area contributed by atoms with Gasteiger partial charge in [0.05, 0.1) is 18.9 Å². The highest BCUT2D eigenvalue weighted by Gasteiger charge is 2.19. The minimum atomic E-state index is -0.306. The molecule has 3 rings (SSSR count). The molecular formula is C20H25N3O3. The molecule has 0 bridgehead atoms. The Morgan fingerprint density at radius 1 is 1.08 bits per heavy atom.